The van der Waals surface area contributed by atoms with Crippen LogP contribution in [0.15, 0.2) is 30.5 Å². The van der Waals surface area contributed by atoms with E-state index in [1.165, 1.54) is 5.56 Å². The fourth-order valence-corrected chi connectivity index (χ4v) is 3.53. The normalized spacial score (nSPS) is 10.9. The maximum absolute atomic E-state index is 13.0. The Hall–Kier alpha value is -1.96. The number of anilines is 1. The number of carbonyl (C=O) groups is 1. The molecule has 6 nitrogen and oxygen atoms in total. The number of nitrogens with zero attached hydrogens (tertiary/aromatic N) is 5. The summed E-state index contributed by atoms with van der Waals surface area (Å²) in [5, 5.41) is 4.83. The molecule has 0 saturated heterocycles. The Balaban J connectivity index is 0.00000225. The first kappa shape index (κ1) is 19.4. The molecule has 8 heteroatoms. The highest BCUT2D eigenvalue weighted by molar-refractivity contribution is 7.22. The number of rotatable bonds is 5. The van der Waals surface area contributed by atoms with E-state index in [0.717, 1.165) is 21.9 Å². The standard InChI is InChI=1S/C17H21N5OS.ClH/c1-12-5-6-13-15(11-12)24-17(19-13)22(10-9-20(2)3)16(23)14-7-8-18-21(14)4;/h5-8,11H,9-10H2,1-4H3;1H. The predicted octanol–water partition coefficient (Wildman–Crippen LogP) is 2.97. The van der Waals surface area contributed by atoms with E-state index in [2.05, 4.69) is 28.0 Å². The van der Waals surface area contributed by atoms with Crippen molar-refractivity contribution in [1.82, 2.24) is 19.7 Å². The van der Waals surface area contributed by atoms with Gasteiger partial charge in [-0.1, -0.05) is 17.4 Å². The molecule has 0 unspecified atom stereocenters. The van der Waals surface area contributed by atoms with Gasteiger partial charge < -0.3 is 4.90 Å². The average Bonchev–Trinajstić information content (AvgIpc) is 3.12. The second kappa shape index (κ2) is 7.95. The number of hydrogen-bond donors (Lipinski definition) is 0. The lowest BCUT2D eigenvalue weighted by Crippen LogP contribution is -2.37. The SMILES string of the molecule is Cc1ccc2nc(N(CCN(C)C)C(=O)c3ccnn3C)sc2c1.Cl. The molecule has 0 N–H and O–H groups in total. The van der Waals surface area contributed by atoms with Crippen molar-refractivity contribution >= 4 is 45.0 Å². The van der Waals surface area contributed by atoms with Crippen molar-refractivity contribution in [3.05, 3.63) is 41.7 Å². The van der Waals surface area contributed by atoms with Crippen molar-refractivity contribution in [3.8, 4) is 0 Å². The number of amides is 1. The minimum Gasteiger partial charge on any atom is -0.308 e. The molecule has 0 fully saturated rings. The van der Waals surface area contributed by atoms with E-state index in [9.17, 15) is 4.79 Å². The van der Waals surface area contributed by atoms with Gasteiger partial charge in [-0.2, -0.15) is 5.10 Å². The first-order valence-corrected chi connectivity index (χ1v) is 8.59. The number of thiazole rings is 1. The highest BCUT2D eigenvalue weighted by atomic mass is 35.5. The van der Waals surface area contributed by atoms with Gasteiger partial charge in [-0.05, 0) is 44.8 Å². The lowest BCUT2D eigenvalue weighted by molar-refractivity contribution is 0.0976. The smallest absolute Gasteiger partial charge is 0.278 e. The first-order valence-electron chi connectivity index (χ1n) is 7.77. The van der Waals surface area contributed by atoms with Crippen molar-refractivity contribution < 1.29 is 4.79 Å². The molecular weight excluding hydrogens is 358 g/mol. The van der Waals surface area contributed by atoms with Crippen LogP contribution in [0, 0.1) is 6.92 Å². The van der Waals surface area contributed by atoms with Crippen molar-refractivity contribution in [2.45, 2.75) is 6.92 Å². The molecule has 0 aliphatic carbocycles. The Kier molecular flexibility index (Phi) is 6.16. The summed E-state index contributed by atoms with van der Waals surface area (Å²) >= 11 is 1.55. The van der Waals surface area contributed by atoms with E-state index in [1.807, 2.05) is 26.2 Å². The van der Waals surface area contributed by atoms with Crippen molar-refractivity contribution in [2.24, 2.45) is 7.05 Å². The fourth-order valence-electron chi connectivity index (χ4n) is 2.44. The van der Waals surface area contributed by atoms with Crippen LogP contribution in [-0.2, 0) is 7.05 Å². The zero-order valence-corrected chi connectivity index (χ0v) is 16.4. The van der Waals surface area contributed by atoms with Crippen molar-refractivity contribution in [3.63, 3.8) is 0 Å². The van der Waals surface area contributed by atoms with Crippen LogP contribution < -0.4 is 4.90 Å². The van der Waals surface area contributed by atoms with Gasteiger partial charge in [0.05, 0.1) is 10.2 Å². The molecule has 0 spiro atoms. The second-order valence-corrected chi connectivity index (χ2v) is 7.08. The van der Waals surface area contributed by atoms with E-state index in [-0.39, 0.29) is 18.3 Å². The van der Waals surface area contributed by atoms with Crippen LogP contribution >= 0.6 is 23.7 Å². The number of hydrogen-bond acceptors (Lipinski definition) is 5. The van der Waals surface area contributed by atoms with Gasteiger partial charge in [-0.15, -0.1) is 12.4 Å². The molecule has 3 rings (SSSR count). The molecule has 3 aromatic rings. The number of aryl methyl sites for hydroxylation is 2. The molecule has 25 heavy (non-hydrogen) atoms. The number of likely N-dealkylation sites (N-methyl/N-ethyl adjacent to an activating group) is 1. The van der Waals surface area contributed by atoms with Gasteiger partial charge in [0, 0.05) is 26.3 Å². The van der Waals surface area contributed by atoms with E-state index in [1.54, 1.807) is 40.2 Å². The van der Waals surface area contributed by atoms with Crippen LogP contribution in [0.4, 0.5) is 5.13 Å². The van der Waals surface area contributed by atoms with Crippen molar-refractivity contribution in [2.75, 3.05) is 32.1 Å². The minimum absolute atomic E-state index is 0. The largest absolute Gasteiger partial charge is 0.308 e. The van der Waals surface area contributed by atoms with Crippen LogP contribution in [0.25, 0.3) is 10.2 Å². The predicted molar refractivity (Wildman–Crippen MR) is 105 cm³/mol. The molecule has 0 aliphatic heterocycles. The lowest BCUT2D eigenvalue weighted by atomic mass is 10.2. The molecule has 2 heterocycles. The molecule has 134 valence electrons. The Morgan fingerprint density at radius 1 is 1.24 bits per heavy atom. The van der Waals surface area contributed by atoms with Crippen LogP contribution in [0.1, 0.15) is 16.1 Å². The minimum atomic E-state index is -0.0763. The Labute approximate surface area is 157 Å². The zero-order valence-electron chi connectivity index (χ0n) is 14.8. The monoisotopic (exact) mass is 379 g/mol. The maximum Gasteiger partial charge on any atom is 0.278 e. The molecule has 0 atom stereocenters. The third-order valence-corrected chi connectivity index (χ3v) is 4.86. The third-order valence-electron chi connectivity index (χ3n) is 3.82. The van der Waals surface area contributed by atoms with Gasteiger partial charge in [0.2, 0.25) is 0 Å². The van der Waals surface area contributed by atoms with E-state index in [4.69, 9.17) is 0 Å². The summed E-state index contributed by atoms with van der Waals surface area (Å²) < 4.78 is 2.69. The molecule has 0 aliphatic rings. The van der Waals surface area contributed by atoms with Gasteiger partial charge >= 0.3 is 0 Å². The van der Waals surface area contributed by atoms with Gasteiger partial charge in [-0.3, -0.25) is 14.4 Å². The Morgan fingerprint density at radius 2 is 2.00 bits per heavy atom. The first-order chi connectivity index (χ1) is 11.5. The summed E-state index contributed by atoms with van der Waals surface area (Å²) in [4.78, 5) is 21.5. The number of carbonyl (C=O) groups excluding carboxylic acids is 1. The molecule has 0 bridgehead atoms. The quantitative estimate of drug-likeness (QED) is 0.683. The van der Waals surface area contributed by atoms with Crippen LogP contribution in [0.2, 0.25) is 0 Å². The molecule has 1 amide bonds. The number of benzene rings is 1. The molecule has 1 aromatic carbocycles. The van der Waals surface area contributed by atoms with Gasteiger partial charge in [0.25, 0.3) is 5.91 Å². The fraction of sp³-hybridized carbons (Fsp3) is 0.353. The van der Waals surface area contributed by atoms with Gasteiger partial charge in [0.1, 0.15) is 5.69 Å². The average molecular weight is 380 g/mol. The molecule has 0 radical (unpaired) electrons. The molecule has 2 aromatic heterocycles. The summed E-state index contributed by atoms with van der Waals surface area (Å²) in [5.74, 6) is -0.0763. The summed E-state index contributed by atoms with van der Waals surface area (Å²) in [5.41, 5.74) is 2.67. The topological polar surface area (TPSA) is 54.3 Å². The Morgan fingerprint density at radius 3 is 2.64 bits per heavy atom. The second-order valence-electron chi connectivity index (χ2n) is 6.07. The highest BCUT2D eigenvalue weighted by Crippen LogP contribution is 2.30. The summed E-state index contributed by atoms with van der Waals surface area (Å²) in [6, 6.07) is 7.89. The third kappa shape index (κ3) is 4.18. The highest BCUT2D eigenvalue weighted by Gasteiger charge is 2.23. The Bertz CT molecular complexity index is 873. The summed E-state index contributed by atoms with van der Waals surface area (Å²) in [6.45, 7) is 3.40. The molecule has 0 saturated carbocycles. The van der Waals surface area contributed by atoms with Crippen LogP contribution in [0.5, 0.6) is 0 Å². The van der Waals surface area contributed by atoms with E-state index in [0.29, 0.717) is 12.2 Å². The number of fused-ring (bicyclic) bond motifs is 1. The van der Waals surface area contributed by atoms with Gasteiger partial charge in [-0.25, -0.2) is 4.98 Å². The van der Waals surface area contributed by atoms with Crippen LogP contribution in [-0.4, -0.2) is 52.8 Å². The summed E-state index contributed by atoms with van der Waals surface area (Å²) in [6.07, 6.45) is 1.64. The maximum atomic E-state index is 13.0. The van der Waals surface area contributed by atoms with Crippen LogP contribution in [0.3, 0.4) is 0 Å². The van der Waals surface area contributed by atoms with Gasteiger partial charge in [0.15, 0.2) is 5.13 Å². The zero-order chi connectivity index (χ0) is 17.3. The summed E-state index contributed by atoms with van der Waals surface area (Å²) in [7, 11) is 5.77. The number of halogens is 1. The lowest BCUT2D eigenvalue weighted by Gasteiger charge is -2.21. The van der Waals surface area contributed by atoms with E-state index >= 15 is 0 Å². The molecular formula is C17H22ClN5OS. The van der Waals surface area contributed by atoms with E-state index < -0.39 is 0 Å². The number of aromatic nitrogens is 3. The van der Waals surface area contributed by atoms with Crippen molar-refractivity contribution in [1.29, 1.82) is 0 Å².